The molecule has 5 heterocycles. The summed E-state index contributed by atoms with van der Waals surface area (Å²) in [6, 6.07) is 3.31. The number of halogens is 1. The Bertz CT molecular complexity index is 2140. The number of aliphatic hydroxyl groups is 1. The second-order valence-corrected chi connectivity index (χ2v) is 15.0. The summed E-state index contributed by atoms with van der Waals surface area (Å²) in [6.45, 7) is -2.04. The number of pyridine rings is 1. The lowest BCUT2D eigenvalue weighted by Gasteiger charge is -2.24. The van der Waals surface area contributed by atoms with Crippen LogP contribution in [0.1, 0.15) is 42.7 Å². The van der Waals surface area contributed by atoms with E-state index in [4.69, 9.17) is 45.6 Å². The number of nitrogens with zero attached hydrogens (tertiary/aromatic N) is 7. The van der Waals surface area contributed by atoms with E-state index in [2.05, 4.69) is 30.2 Å². The van der Waals surface area contributed by atoms with Crippen molar-refractivity contribution >= 4 is 66.9 Å². The van der Waals surface area contributed by atoms with Crippen LogP contribution in [0.2, 0.25) is 0 Å². The van der Waals surface area contributed by atoms with Gasteiger partial charge in [0.25, 0.3) is 5.56 Å². The SMILES string of the molecule is CC(C)C(=O)Nc1nc2c(ncn2[C@@H]2O[C@H](COP(=S)(OCCC#N)OCCn3c(CO)nc4cc(C(N)=O)cnc43)[C@@H](F)[C@H]2O[P+](=O)O)c(=O)[nH]1. The van der Waals surface area contributed by atoms with Crippen LogP contribution in [0.3, 0.4) is 0 Å². The Morgan fingerprint density at radius 3 is 2.69 bits per heavy atom. The van der Waals surface area contributed by atoms with E-state index in [9.17, 15) is 28.9 Å². The highest BCUT2D eigenvalue weighted by atomic mass is 32.5. The topological polar surface area (TPSA) is 294 Å². The number of nitrogens with two attached hydrogens (primary N) is 1. The van der Waals surface area contributed by atoms with E-state index in [1.54, 1.807) is 13.8 Å². The highest BCUT2D eigenvalue weighted by Gasteiger charge is 2.52. The van der Waals surface area contributed by atoms with Crippen LogP contribution in [0.5, 0.6) is 0 Å². The maximum Gasteiger partial charge on any atom is 0.695 e. The third-order valence-electron chi connectivity index (χ3n) is 7.46. The molecule has 0 aliphatic carbocycles. The van der Waals surface area contributed by atoms with Crippen molar-refractivity contribution in [2.75, 3.05) is 25.1 Å². The minimum atomic E-state index is -3.76. The van der Waals surface area contributed by atoms with Crippen LogP contribution >= 0.6 is 15.0 Å². The van der Waals surface area contributed by atoms with Gasteiger partial charge in [0, 0.05) is 23.2 Å². The number of hydrogen-bond donors (Lipinski definition) is 5. The summed E-state index contributed by atoms with van der Waals surface area (Å²) < 4.78 is 58.4. The van der Waals surface area contributed by atoms with Gasteiger partial charge in [0.2, 0.25) is 17.8 Å². The quantitative estimate of drug-likeness (QED) is 0.0742. The van der Waals surface area contributed by atoms with Crippen LogP contribution in [-0.2, 0) is 57.1 Å². The fraction of sp³-hybridized carbons (Fsp3) is 0.481. The van der Waals surface area contributed by atoms with Crippen molar-refractivity contribution in [1.29, 1.82) is 5.26 Å². The molecule has 0 bridgehead atoms. The zero-order chi connectivity index (χ0) is 37.7. The number of amides is 2. The van der Waals surface area contributed by atoms with Crippen LogP contribution in [0.4, 0.5) is 10.3 Å². The molecule has 1 aliphatic heterocycles. The summed E-state index contributed by atoms with van der Waals surface area (Å²) in [4.78, 5) is 65.1. The van der Waals surface area contributed by atoms with Gasteiger partial charge in [0.15, 0.2) is 35.3 Å². The van der Waals surface area contributed by atoms with E-state index in [-0.39, 0.29) is 60.2 Å². The number of hydrogen-bond acceptors (Lipinski definition) is 16. The molecule has 52 heavy (non-hydrogen) atoms. The summed E-state index contributed by atoms with van der Waals surface area (Å²) in [5.41, 5.74) is 4.91. The molecule has 2 unspecified atom stereocenters. The first-order valence-corrected chi connectivity index (χ1v) is 19.0. The van der Waals surface area contributed by atoms with Crippen LogP contribution in [0, 0.1) is 17.2 Å². The lowest BCUT2D eigenvalue weighted by atomic mass is 10.1. The highest BCUT2D eigenvalue weighted by molar-refractivity contribution is 8.07. The number of carbonyl (C=O) groups is 2. The van der Waals surface area contributed by atoms with E-state index in [1.165, 1.54) is 16.8 Å². The largest absolute Gasteiger partial charge is 0.695 e. The number of fused-ring (bicyclic) bond motifs is 2. The average molecular weight is 786 g/mol. The number of aromatic amines is 1. The van der Waals surface area contributed by atoms with Crippen LogP contribution in [-0.4, -0.2) is 94.1 Å². The number of aliphatic hydroxyl groups excluding tert-OH is 1. The third kappa shape index (κ3) is 8.70. The normalized spacial score (nSPS) is 20.3. The van der Waals surface area contributed by atoms with Crippen molar-refractivity contribution in [1.82, 2.24) is 34.1 Å². The Hall–Kier alpha value is -4.20. The molecule has 1 saturated heterocycles. The van der Waals surface area contributed by atoms with Gasteiger partial charge in [-0.3, -0.25) is 29.3 Å². The standard InChI is InChI=1S/C27H31FN10O11P2S/c1-13(2)24(41)35-27-34-23-19(25(42)36-27)32-12-38(23)26-20(49-50(43)44)18(28)16(48-26)11-47-51(52,45-6-3-4-29)46-7-5-37-17(10-39)33-15-8-14(21(30)40)9-31-22(15)37/h8-9,12-13,16,18,20,26,39H,3,5-7,10-11H2,1-2H3,(H4-,30,34,35,36,40,41,42,43,44)/p+1/t16-,18-,20-,26-,51?/m1/s1. The molecule has 21 nitrogen and oxygen atoms in total. The molecule has 0 saturated carbocycles. The lowest BCUT2D eigenvalue weighted by Crippen LogP contribution is -2.31. The number of alkyl halides is 1. The van der Waals surface area contributed by atoms with E-state index < -0.39 is 76.1 Å². The molecule has 278 valence electrons. The molecule has 4 aromatic heterocycles. The molecule has 1 fully saturated rings. The summed E-state index contributed by atoms with van der Waals surface area (Å²) in [5.74, 6) is -1.67. The molecule has 5 rings (SSSR count). The zero-order valence-electron chi connectivity index (χ0n) is 27.3. The van der Waals surface area contributed by atoms with Crippen LogP contribution in [0.25, 0.3) is 22.3 Å². The third-order valence-corrected chi connectivity index (χ3v) is 10.3. The van der Waals surface area contributed by atoms with Crippen LogP contribution in [0.15, 0.2) is 23.4 Å². The van der Waals surface area contributed by atoms with Crippen molar-refractivity contribution in [3.8, 4) is 6.07 Å². The van der Waals surface area contributed by atoms with E-state index in [0.29, 0.717) is 5.65 Å². The van der Waals surface area contributed by atoms with Gasteiger partial charge in [0.05, 0.1) is 44.2 Å². The van der Waals surface area contributed by atoms with Gasteiger partial charge in [-0.2, -0.15) is 10.2 Å². The number of rotatable bonds is 17. The second kappa shape index (κ2) is 16.6. The summed E-state index contributed by atoms with van der Waals surface area (Å²) >= 11 is 5.54. The zero-order valence-corrected chi connectivity index (χ0v) is 29.9. The van der Waals surface area contributed by atoms with Gasteiger partial charge in [-0.25, -0.2) is 19.3 Å². The molecule has 6 atom stereocenters. The van der Waals surface area contributed by atoms with Gasteiger partial charge in [0.1, 0.15) is 24.1 Å². The maximum absolute atomic E-state index is 15.9. The summed E-state index contributed by atoms with van der Waals surface area (Å²) in [6.07, 6.45) is -4.66. The van der Waals surface area contributed by atoms with Crippen LogP contribution < -0.4 is 16.6 Å². The van der Waals surface area contributed by atoms with Gasteiger partial charge < -0.3 is 33.7 Å². The summed E-state index contributed by atoms with van der Waals surface area (Å²) in [7, 11) is -3.36. The van der Waals surface area contributed by atoms with E-state index in [0.717, 1.165) is 10.9 Å². The number of imidazole rings is 2. The number of primary amides is 1. The number of carbonyl (C=O) groups excluding carboxylic acids is 2. The average Bonchev–Trinajstić information content (AvgIpc) is 3.77. The Balaban J connectivity index is 1.35. The van der Waals surface area contributed by atoms with Crippen molar-refractivity contribution < 1.29 is 51.4 Å². The number of ether oxygens (including phenoxy) is 1. The smallest absolute Gasteiger partial charge is 0.388 e. The van der Waals surface area contributed by atoms with Gasteiger partial charge in [-0.15, -0.1) is 9.42 Å². The number of nitriles is 1. The Morgan fingerprint density at radius 2 is 2.02 bits per heavy atom. The molecule has 1 aliphatic rings. The fourth-order valence-electron chi connectivity index (χ4n) is 4.97. The van der Waals surface area contributed by atoms with Crippen molar-refractivity contribution in [3.63, 3.8) is 0 Å². The first-order valence-electron chi connectivity index (χ1n) is 15.3. The Morgan fingerprint density at radius 1 is 1.27 bits per heavy atom. The summed E-state index contributed by atoms with van der Waals surface area (Å²) in [5, 5.41) is 21.3. The second-order valence-electron chi connectivity index (χ2n) is 11.3. The first-order chi connectivity index (χ1) is 24.7. The molecule has 6 N–H and O–H groups in total. The molecule has 25 heteroatoms. The Kier molecular flexibility index (Phi) is 12.5. The molecule has 0 spiro atoms. The molecule has 4 aromatic rings. The fourth-order valence-corrected chi connectivity index (χ4v) is 7.21. The molecule has 2 amide bonds. The molecular formula is C27H32FN10O11P2S+. The Labute approximate surface area is 298 Å². The van der Waals surface area contributed by atoms with Crippen molar-refractivity contribution in [2.45, 2.75) is 58.0 Å². The predicted molar refractivity (Wildman–Crippen MR) is 179 cm³/mol. The van der Waals surface area contributed by atoms with E-state index >= 15 is 4.39 Å². The predicted octanol–water partition coefficient (Wildman–Crippen LogP) is 1.21. The van der Waals surface area contributed by atoms with Gasteiger partial charge in [-0.05, 0) is 17.9 Å². The molecule has 0 radical (unpaired) electrons. The number of H-pyrrole nitrogens is 1. The minimum absolute atomic E-state index is 0.00528. The van der Waals surface area contributed by atoms with Crippen molar-refractivity contribution in [3.05, 3.63) is 40.3 Å². The molecule has 0 aromatic carbocycles. The number of aromatic nitrogens is 7. The number of anilines is 1. The lowest BCUT2D eigenvalue weighted by molar-refractivity contribution is -0.118. The van der Waals surface area contributed by atoms with Crippen molar-refractivity contribution in [2.24, 2.45) is 11.7 Å². The number of nitrogens with one attached hydrogen (secondary N) is 2. The molecular weight excluding hydrogens is 753 g/mol. The maximum atomic E-state index is 15.9. The van der Waals surface area contributed by atoms with E-state index in [1.807, 2.05) is 6.07 Å². The highest BCUT2D eigenvalue weighted by Crippen LogP contribution is 2.51. The monoisotopic (exact) mass is 785 g/mol. The van der Waals surface area contributed by atoms with Gasteiger partial charge >= 0.3 is 15.0 Å². The van der Waals surface area contributed by atoms with Gasteiger partial charge in [-0.1, -0.05) is 13.8 Å². The first kappa shape index (κ1) is 39.0. The minimum Gasteiger partial charge on any atom is -0.388 e.